The van der Waals surface area contributed by atoms with Crippen LogP contribution in [0.4, 0.5) is 10.1 Å². The van der Waals surface area contributed by atoms with Gasteiger partial charge in [-0.05, 0) is 60.0 Å². The molecule has 3 rings (SSSR count). The molecule has 0 unspecified atom stereocenters. The average molecular weight is 435 g/mol. The van der Waals surface area contributed by atoms with Crippen molar-refractivity contribution in [2.24, 2.45) is 0 Å². The predicted molar refractivity (Wildman–Crippen MR) is 120 cm³/mol. The topological polar surface area (TPSA) is 62.1 Å². The van der Waals surface area contributed by atoms with Crippen LogP contribution < -0.4 is 10.1 Å². The van der Waals surface area contributed by atoms with E-state index in [1.165, 1.54) is 12.1 Å². The van der Waals surface area contributed by atoms with Gasteiger partial charge in [-0.15, -0.1) is 0 Å². The summed E-state index contributed by atoms with van der Waals surface area (Å²) in [6, 6.07) is 20.5. The van der Waals surface area contributed by atoms with Crippen molar-refractivity contribution in [3.05, 3.63) is 99.8 Å². The lowest BCUT2D eigenvalue weighted by Crippen LogP contribution is -2.13. The third kappa shape index (κ3) is 5.94. The highest BCUT2D eigenvalue weighted by molar-refractivity contribution is 6.31. The summed E-state index contributed by atoms with van der Waals surface area (Å²) >= 11 is 5.93. The Kier molecular flexibility index (Phi) is 7.42. The van der Waals surface area contributed by atoms with Crippen LogP contribution in [0.3, 0.4) is 0 Å². The number of rotatable bonds is 7. The molecule has 0 aliphatic rings. The maximum atomic E-state index is 14.0. The third-order valence-corrected chi connectivity index (χ3v) is 4.72. The number of hydrogen-bond donors (Lipinski definition) is 1. The normalized spacial score (nSPS) is 11.0. The van der Waals surface area contributed by atoms with Crippen LogP contribution in [-0.2, 0) is 11.2 Å². The zero-order valence-electron chi connectivity index (χ0n) is 16.9. The summed E-state index contributed by atoms with van der Waals surface area (Å²) in [6.07, 6.45) is 1.85. The highest BCUT2D eigenvalue weighted by Crippen LogP contribution is 2.26. The lowest BCUT2D eigenvalue weighted by Gasteiger charge is -2.12. The number of amides is 1. The molecule has 0 radical (unpaired) electrons. The summed E-state index contributed by atoms with van der Waals surface area (Å²) in [5, 5.41) is 12.6. The van der Waals surface area contributed by atoms with Gasteiger partial charge >= 0.3 is 0 Å². The van der Waals surface area contributed by atoms with E-state index in [1.54, 1.807) is 54.6 Å². The summed E-state index contributed by atoms with van der Waals surface area (Å²) in [5.74, 6) is -0.247. The summed E-state index contributed by atoms with van der Waals surface area (Å²) in [4.78, 5) is 12.5. The molecule has 3 aromatic carbocycles. The van der Waals surface area contributed by atoms with Crippen molar-refractivity contribution in [1.29, 1.82) is 5.26 Å². The first kappa shape index (κ1) is 22.1. The minimum atomic E-state index is -0.543. The summed E-state index contributed by atoms with van der Waals surface area (Å²) in [6.45, 7) is 2.28. The van der Waals surface area contributed by atoms with Gasteiger partial charge in [-0.3, -0.25) is 4.79 Å². The van der Waals surface area contributed by atoms with E-state index in [0.717, 1.165) is 5.56 Å². The van der Waals surface area contributed by atoms with E-state index in [2.05, 4.69) is 5.32 Å². The number of anilines is 1. The highest BCUT2D eigenvalue weighted by atomic mass is 35.5. The molecule has 0 aliphatic carbocycles. The molecule has 0 aliphatic heterocycles. The number of hydrogen-bond acceptors (Lipinski definition) is 3. The van der Waals surface area contributed by atoms with Crippen LogP contribution in [0.1, 0.15) is 23.6 Å². The van der Waals surface area contributed by atoms with Gasteiger partial charge in [0.05, 0.1) is 6.61 Å². The fourth-order valence-electron chi connectivity index (χ4n) is 3.02. The molecule has 0 saturated heterocycles. The minimum Gasteiger partial charge on any atom is -0.494 e. The van der Waals surface area contributed by atoms with Crippen molar-refractivity contribution < 1.29 is 13.9 Å². The van der Waals surface area contributed by atoms with Crippen molar-refractivity contribution in [1.82, 2.24) is 0 Å². The molecular formula is C25H20ClFN2O2. The van der Waals surface area contributed by atoms with E-state index in [1.807, 2.05) is 19.1 Å². The van der Waals surface area contributed by atoms with Crippen molar-refractivity contribution in [3.8, 4) is 11.8 Å². The molecule has 0 atom stereocenters. The molecule has 1 amide bonds. The number of benzene rings is 3. The van der Waals surface area contributed by atoms with Crippen LogP contribution in [0.5, 0.6) is 5.75 Å². The number of ether oxygens (including phenoxy) is 1. The lowest BCUT2D eigenvalue weighted by molar-refractivity contribution is -0.112. The van der Waals surface area contributed by atoms with E-state index in [0.29, 0.717) is 40.6 Å². The number of nitrogens with zero attached hydrogens (tertiary/aromatic N) is 1. The van der Waals surface area contributed by atoms with Gasteiger partial charge in [0.25, 0.3) is 5.91 Å². The third-order valence-electron chi connectivity index (χ3n) is 4.49. The Bertz CT molecular complexity index is 1170. The van der Waals surface area contributed by atoms with Gasteiger partial charge in [0, 0.05) is 17.1 Å². The first-order chi connectivity index (χ1) is 15.0. The molecule has 0 heterocycles. The fourth-order valence-corrected chi connectivity index (χ4v) is 3.21. The number of carbonyl (C=O) groups excluding carboxylic acids is 1. The average Bonchev–Trinajstić information content (AvgIpc) is 2.75. The van der Waals surface area contributed by atoms with Gasteiger partial charge in [0.2, 0.25) is 0 Å². The van der Waals surface area contributed by atoms with Crippen LogP contribution >= 0.6 is 11.6 Å². The number of nitrogens with one attached hydrogen (secondary N) is 1. The Balaban J connectivity index is 1.86. The predicted octanol–water partition coefficient (Wildman–Crippen LogP) is 6.01. The summed E-state index contributed by atoms with van der Waals surface area (Å²) in [7, 11) is 0. The van der Waals surface area contributed by atoms with Gasteiger partial charge in [0.15, 0.2) is 0 Å². The first-order valence-electron chi connectivity index (χ1n) is 9.68. The van der Waals surface area contributed by atoms with E-state index >= 15 is 0 Å². The molecule has 0 fully saturated rings. The van der Waals surface area contributed by atoms with E-state index in [9.17, 15) is 14.4 Å². The molecule has 31 heavy (non-hydrogen) atoms. The standard InChI is InChI=1S/C25H20ClFN2O2/c1-2-31-24-13-17(10-11-19(24)14-18-6-3-4-9-23(18)27)12-20(16-28)25(30)29-22-8-5-7-21(26)15-22/h3-13,15H,2,14H2,1H3,(H,29,30)/b20-12+. The second-order valence-corrected chi connectivity index (χ2v) is 7.14. The van der Waals surface area contributed by atoms with Crippen molar-refractivity contribution >= 4 is 29.3 Å². The number of carbonyl (C=O) groups is 1. The molecule has 0 bridgehead atoms. The monoisotopic (exact) mass is 434 g/mol. The largest absolute Gasteiger partial charge is 0.494 e. The number of nitriles is 1. The van der Waals surface area contributed by atoms with E-state index < -0.39 is 5.91 Å². The first-order valence-corrected chi connectivity index (χ1v) is 10.1. The smallest absolute Gasteiger partial charge is 0.266 e. The van der Waals surface area contributed by atoms with Gasteiger partial charge in [0.1, 0.15) is 23.2 Å². The molecule has 1 N–H and O–H groups in total. The molecule has 0 saturated carbocycles. The van der Waals surface area contributed by atoms with Gasteiger partial charge in [-0.2, -0.15) is 5.26 Å². The van der Waals surface area contributed by atoms with Crippen molar-refractivity contribution in [2.45, 2.75) is 13.3 Å². The summed E-state index contributed by atoms with van der Waals surface area (Å²) < 4.78 is 19.8. The van der Waals surface area contributed by atoms with Crippen LogP contribution in [0.2, 0.25) is 5.02 Å². The Labute approximate surface area is 185 Å². The SMILES string of the molecule is CCOc1cc(/C=C(\C#N)C(=O)Nc2cccc(Cl)c2)ccc1Cc1ccccc1F. The molecule has 6 heteroatoms. The minimum absolute atomic E-state index is 0.0655. The van der Waals surface area contributed by atoms with Gasteiger partial charge in [-0.1, -0.05) is 48.0 Å². The maximum absolute atomic E-state index is 14.0. The van der Waals surface area contributed by atoms with Crippen LogP contribution in [0, 0.1) is 17.1 Å². The lowest BCUT2D eigenvalue weighted by atomic mass is 10.0. The van der Waals surface area contributed by atoms with E-state index in [4.69, 9.17) is 16.3 Å². The van der Waals surface area contributed by atoms with Crippen LogP contribution in [0.15, 0.2) is 72.3 Å². The molecule has 3 aromatic rings. The van der Waals surface area contributed by atoms with Gasteiger partial charge in [-0.25, -0.2) is 4.39 Å². The maximum Gasteiger partial charge on any atom is 0.266 e. The molecular weight excluding hydrogens is 415 g/mol. The Morgan fingerprint density at radius 1 is 1.13 bits per heavy atom. The quantitative estimate of drug-likeness (QED) is 0.365. The van der Waals surface area contributed by atoms with Crippen molar-refractivity contribution in [3.63, 3.8) is 0 Å². The highest BCUT2D eigenvalue weighted by Gasteiger charge is 2.12. The molecule has 4 nitrogen and oxygen atoms in total. The molecule has 0 aromatic heterocycles. The Morgan fingerprint density at radius 3 is 2.65 bits per heavy atom. The van der Waals surface area contributed by atoms with Crippen molar-refractivity contribution in [2.75, 3.05) is 11.9 Å². The zero-order valence-corrected chi connectivity index (χ0v) is 17.6. The van der Waals surface area contributed by atoms with Gasteiger partial charge < -0.3 is 10.1 Å². The second kappa shape index (κ2) is 10.4. The van der Waals surface area contributed by atoms with Crippen LogP contribution in [0.25, 0.3) is 6.08 Å². The Hall–Kier alpha value is -3.62. The zero-order chi connectivity index (χ0) is 22.2. The fraction of sp³-hybridized carbons (Fsp3) is 0.120. The Morgan fingerprint density at radius 2 is 1.94 bits per heavy atom. The van der Waals surface area contributed by atoms with Crippen LogP contribution in [-0.4, -0.2) is 12.5 Å². The molecule has 0 spiro atoms. The molecule has 156 valence electrons. The summed E-state index contributed by atoms with van der Waals surface area (Å²) in [5.41, 5.74) is 2.42. The van der Waals surface area contributed by atoms with E-state index in [-0.39, 0.29) is 11.4 Å². The second-order valence-electron chi connectivity index (χ2n) is 6.70. The number of halogens is 2.